The molecule has 0 unspecified atom stereocenters. The molecule has 0 amide bonds. The molecule has 0 bridgehead atoms. The standard InChI is InChI=1S/C18H34O4/c1-16(2)12-9-7-5-3-4-6-8-10-15-22-18(21)14-11-13-17(19)20/h16H,3-15H2,1-2H3,(H,19,20). The Morgan fingerprint density at radius 3 is 1.91 bits per heavy atom. The molecule has 0 aliphatic rings. The highest BCUT2D eigenvalue weighted by atomic mass is 16.5. The van der Waals surface area contributed by atoms with E-state index in [1.807, 2.05) is 0 Å². The van der Waals surface area contributed by atoms with Gasteiger partial charge in [0.05, 0.1) is 6.61 Å². The Hall–Kier alpha value is -1.06. The number of rotatable bonds is 15. The first kappa shape index (κ1) is 20.9. The second-order valence-corrected chi connectivity index (χ2v) is 6.48. The zero-order valence-corrected chi connectivity index (χ0v) is 14.4. The van der Waals surface area contributed by atoms with Gasteiger partial charge in [0.25, 0.3) is 0 Å². The van der Waals surface area contributed by atoms with E-state index in [0.29, 0.717) is 13.0 Å². The molecule has 22 heavy (non-hydrogen) atoms. The third-order valence-corrected chi connectivity index (χ3v) is 3.71. The summed E-state index contributed by atoms with van der Waals surface area (Å²) < 4.78 is 5.07. The van der Waals surface area contributed by atoms with Crippen molar-refractivity contribution in [3.8, 4) is 0 Å². The number of ether oxygens (including phenoxy) is 1. The van der Waals surface area contributed by atoms with E-state index in [-0.39, 0.29) is 18.8 Å². The van der Waals surface area contributed by atoms with Gasteiger partial charge in [-0.05, 0) is 18.8 Å². The Bertz CT molecular complexity index is 287. The Morgan fingerprint density at radius 1 is 0.818 bits per heavy atom. The van der Waals surface area contributed by atoms with Crippen LogP contribution in [0.15, 0.2) is 0 Å². The van der Waals surface area contributed by atoms with E-state index in [4.69, 9.17) is 9.84 Å². The van der Waals surface area contributed by atoms with E-state index >= 15 is 0 Å². The highest BCUT2D eigenvalue weighted by Gasteiger charge is 2.04. The number of esters is 1. The van der Waals surface area contributed by atoms with Gasteiger partial charge >= 0.3 is 11.9 Å². The summed E-state index contributed by atoms with van der Waals surface area (Å²) in [6.45, 7) is 5.03. The maximum absolute atomic E-state index is 11.3. The van der Waals surface area contributed by atoms with Gasteiger partial charge in [-0.2, -0.15) is 0 Å². The minimum atomic E-state index is -0.864. The summed E-state index contributed by atoms with van der Waals surface area (Å²) in [6, 6.07) is 0. The van der Waals surface area contributed by atoms with Crippen LogP contribution in [0.1, 0.15) is 90.9 Å². The molecule has 130 valence electrons. The fraction of sp³-hybridized carbons (Fsp3) is 0.889. The lowest BCUT2D eigenvalue weighted by Gasteiger charge is -2.05. The van der Waals surface area contributed by atoms with Crippen LogP contribution < -0.4 is 0 Å². The molecule has 4 nitrogen and oxygen atoms in total. The van der Waals surface area contributed by atoms with Crippen molar-refractivity contribution >= 4 is 11.9 Å². The van der Waals surface area contributed by atoms with Crippen LogP contribution in [0, 0.1) is 5.92 Å². The number of hydrogen-bond acceptors (Lipinski definition) is 3. The SMILES string of the molecule is CC(C)CCCCCCCCCCOC(=O)CCCC(=O)O. The molecule has 0 fully saturated rings. The van der Waals surface area contributed by atoms with Crippen LogP contribution in [-0.4, -0.2) is 23.7 Å². The molecule has 4 heteroatoms. The topological polar surface area (TPSA) is 63.6 Å². The molecular weight excluding hydrogens is 280 g/mol. The van der Waals surface area contributed by atoms with Gasteiger partial charge in [0.1, 0.15) is 0 Å². The monoisotopic (exact) mass is 314 g/mol. The Kier molecular flexibility index (Phi) is 14.1. The summed E-state index contributed by atoms with van der Waals surface area (Å²) in [6.07, 6.45) is 11.8. The molecule has 0 spiro atoms. The average Bonchev–Trinajstić information content (AvgIpc) is 2.44. The number of carboxylic acids is 1. The van der Waals surface area contributed by atoms with Crippen LogP contribution in [0.25, 0.3) is 0 Å². The molecule has 0 aliphatic heterocycles. The van der Waals surface area contributed by atoms with Crippen molar-refractivity contribution < 1.29 is 19.4 Å². The van der Waals surface area contributed by atoms with Gasteiger partial charge in [-0.3, -0.25) is 9.59 Å². The minimum absolute atomic E-state index is 0.0340. The lowest BCUT2D eigenvalue weighted by molar-refractivity contribution is -0.144. The predicted octanol–water partition coefficient (Wildman–Crippen LogP) is 4.95. The van der Waals surface area contributed by atoms with Crippen LogP contribution in [-0.2, 0) is 14.3 Å². The van der Waals surface area contributed by atoms with Crippen LogP contribution in [0.3, 0.4) is 0 Å². The largest absolute Gasteiger partial charge is 0.481 e. The maximum atomic E-state index is 11.3. The number of aliphatic carboxylic acids is 1. The second kappa shape index (κ2) is 14.9. The van der Waals surface area contributed by atoms with E-state index in [2.05, 4.69) is 13.8 Å². The number of carbonyl (C=O) groups is 2. The first-order valence-corrected chi connectivity index (χ1v) is 8.89. The van der Waals surface area contributed by atoms with E-state index in [1.54, 1.807) is 0 Å². The molecule has 1 N–H and O–H groups in total. The minimum Gasteiger partial charge on any atom is -0.481 e. The lowest BCUT2D eigenvalue weighted by atomic mass is 10.0. The number of unbranched alkanes of at least 4 members (excludes halogenated alkanes) is 7. The molecule has 0 saturated carbocycles. The van der Waals surface area contributed by atoms with Gasteiger partial charge < -0.3 is 9.84 Å². The summed E-state index contributed by atoms with van der Waals surface area (Å²) in [5.41, 5.74) is 0. The van der Waals surface area contributed by atoms with Crippen molar-refractivity contribution in [2.75, 3.05) is 6.61 Å². The van der Waals surface area contributed by atoms with Crippen LogP contribution in [0.2, 0.25) is 0 Å². The van der Waals surface area contributed by atoms with E-state index in [1.165, 1.54) is 44.9 Å². The highest BCUT2D eigenvalue weighted by molar-refractivity contribution is 5.71. The predicted molar refractivity (Wildman–Crippen MR) is 88.8 cm³/mol. The summed E-state index contributed by atoms with van der Waals surface area (Å²) in [5.74, 6) is -0.310. The summed E-state index contributed by atoms with van der Waals surface area (Å²) in [7, 11) is 0. The summed E-state index contributed by atoms with van der Waals surface area (Å²) >= 11 is 0. The molecular formula is C18H34O4. The molecule has 0 aromatic rings. The number of carbonyl (C=O) groups excluding carboxylic acids is 1. The third-order valence-electron chi connectivity index (χ3n) is 3.71. The zero-order valence-electron chi connectivity index (χ0n) is 14.4. The fourth-order valence-corrected chi connectivity index (χ4v) is 2.36. The van der Waals surface area contributed by atoms with Crippen molar-refractivity contribution in [2.45, 2.75) is 90.9 Å². The van der Waals surface area contributed by atoms with E-state index in [0.717, 1.165) is 18.8 Å². The second-order valence-electron chi connectivity index (χ2n) is 6.48. The lowest BCUT2D eigenvalue weighted by Crippen LogP contribution is -2.06. The molecule has 0 aromatic heterocycles. The van der Waals surface area contributed by atoms with Crippen molar-refractivity contribution in [1.29, 1.82) is 0 Å². The molecule has 0 saturated heterocycles. The van der Waals surface area contributed by atoms with Gasteiger partial charge in [0.2, 0.25) is 0 Å². The molecule has 0 rings (SSSR count). The average molecular weight is 314 g/mol. The molecule has 0 aromatic carbocycles. The normalized spacial score (nSPS) is 10.9. The summed E-state index contributed by atoms with van der Waals surface area (Å²) in [5, 5.41) is 8.46. The van der Waals surface area contributed by atoms with E-state index in [9.17, 15) is 9.59 Å². The summed E-state index contributed by atoms with van der Waals surface area (Å²) in [4.78, 5) is 21.6. The first-order valence-electron chi connectivity index (χ1n) is 8.89. The molecule has 0 heterocycles. The smallest absolute Gasteiger partial charge is 0.305 e. The number of carboxylic acid groups (broad SMARTS) is 1. The number of hydrogen-bond donors (Lipinski definition) is 1. The molecule has 0 atom stereocenters. The maximum Gasteiger partial charge on any atom is 0.305 e. The Balaban J connectivity index is 3.16. The van der Waals surface area contributed by atoms with Gasteiger partial charge in [-0.25, -0.2) is 0 Å². The van der Waals surface area contributed by atoms with E-state index < -0.39 is 5.97 Å². The molecule has 0 radical (unpaired) electrons. The third kappa shape index (κ3) is 17.0. The Labute approximate surface area is 135 Å². The van der Waals surface area contributed by atoms with Crippen LogP contribution in [0.5, 0.6) is 0 Å². The quantitative estimate of drug-likeness (QED) is 0.343. The zero-order chi connectivity index (χ0) is 16.6. The van der Waals surface area contributed by atoms with Gasteiger partial charge in [-0.1, -0.05) is 65.2 Å². The van der Waals surface area contributed by atoms with Gasteiger partial charge in [0, 0.05) is 12.8 Å². The van der Waals surface area contributed by atoms with Crippen LogP contribution in [0.4, 0.5) is 0 Å². The first-order chi connectivity index (χ1) is 10.5. The van der Waals surface area contributed by atoms with Crippen molar-refractivity contribution in [2.24, 2.45) is 5.92 Å². The Morgan fingerprint density at radius 2 is 1.36 bits per heavy atom. The fourth-order valence-electron chi connectivity index (χ4n) is 2.36. The van der Waals surface area contributed by atoms with Crippen molar-refractivity contribution in [1.82, 2.24) is 0 Å². The molecule has 0 aliphatic carbocycles. The van der Waals surface area contributed by atoms with Gasteiger partial charge in [0.15, 0.2) is 0 Å². The highest BCUT2D eigenvalue weighted by Crippen LogP contribution is 2.12. The van der Waals surface area contributed by atoms with Crippen LogP contribution >= 0.6 is 0 Å². The van der Waals surface area contributed by atoms with Crippen molar-refractivity contribution in [3.63, 3.8) is 0 Å². The van der Waals surface area contributed by atoms with Crippen molar-refractivity contribution in [3.05, 3.63) is 0 Å². The van der Waals surface area contributed by atoms with Gasteiger partial charge in [-0.15, -0.1) is 0 Å².